The molecule has 0 saturated heterocycles. The van der Waals surface area contributed by atoms with E-state index in [1.165, 1.54) is 12.1 Å². The number of benzene rings is 2. The van der Waals surface area contributed by atoms with Gasteiger partial charge in [-0.1, -0.05) is 47.8 Å². The molecule has 0 aromatic heterocycles. The second-order valence-corrected chi connectivity index (χ2v) is 10.4. The van der Waals surface area contributed by atoms with Crippen LogP contribution in [0.1, 0.15) is 48.0 Å². The van der Waals surface area contributed by atoms with Gasteiger partial charge in [0.05, 0.1) is 15.6 Å². The van der Waals surface area contributed by atoms with Crippen molar-refractivity contribution in [3.63, 3.8) is 0 Å². The third kappa shape index (κ3) is 7.39. The van der Waals surface area contributed by atoms with Gasteiger partial charge < -0.3 is 26.4 Å². The lowest BCUT2D eigenvalue weighted by molar-refractivity contribution is -0.139. The molecule has 9 nitrogen and oxygen atoms in total. The zero-order valence-electron chi connectivity index (χ0n) is 20.8. The van der Waals surface area contributed by atoms with E-state index in [-0.39, 0.29) is 39.9 Å². The zero-order chi connectivity index (χ0) is 27.1. The van der Waals surface area contributed by atoms with E-state index in [0.717, 1.165) is 51.2 Å². The number of aliphatic carboxylic acids is 1. The Balaban J connectivity index is 1.32. The summed E-state index contributed by atoms with van der Waals surface area (Å²) in [4.78, 5) is 41.9. The first-order valence-electron chi connectivity index (χ1n) is 12.7. The van der Waals surface area contributed by atoms with E-state index in [2.05, 4.69) is 26.3 Å². The minimum atomic E-state index is -1.19. The largest absolute Gasteiger partial charge is 0.480 e. The Hall–Kier alpha value is -3.30. The zero-order valence-corrected chi connectivity index (χ0v) is 22.3. The van der Waals surface area contributed by atoms with Gasteiger partial charge in [0.25, 0.3) is 5.91 Å². The molecule has 4 rings (SSSR count). The summed E-state index contributed by atoms with van der Waals surface area (Å²) in [5.41, 5.74) is 1.35. The van der Waals surface area contributed by atoms with Gasteiger partial charge in [-0.2, -0.15) is 0 Å². The third-order valence-electron chi connectivity index (χ3n) is 6.74. The van der Waals surface area contributed by atoms with Crippen LogP contribution in [-0.2, 0) is 16.0 Å². The van der Waals surface area contributed by atoms with Crippen LogP contribution in [0.4, 0.5) is 5.69 Å². The van der Waals surface area contributed by atoms with Crippen LogP contribution < -0.4 is 21.3 Å². The molecule has 0 unspecified atom stereocenters. The smallest absolute Gasteiger partial charge is 0.326 e. The fourth-order valence-electron chi connectivity index (χ4n) is 4.73. The maximum absolute atomic E-state index is 12.9. The van der Waals surface area contributed by atoms with E-state index in [9.17, 15) is 19.5 Å². The lowest BCUT2D eigenvalue weighted by Crippen LogP contribution is -2.48. The SMILES string of the molecule is O=C(N[C@@H](Cc1ccc(NC(=O)[C@H]2CCC[C@@H](NC3=NCCCN3)C2)cc1)C(=O)O)c1c(Cl)cccc1Cl. The molecule has 0 radical (unpaired) electrons. The highest BCUT2D eigenvalue weighted by Gasteiger charge is 2.28. The lowest BCUT2D eigenvalue weighted by atomic mass is 9.85. The Morgan fingerprint density at radius 3 is 2.45 bits per heavy atom. The number of carboxylic acids is 1. The summed E-state index contributed by atoms with van der Waals surface area (Å²) in [5.74, 6) is -1.16. The van der Waals surface area contributed by atoms with E-state index in [1.54, 1.807) is 30.3 Å². The Kier molecular flexibility index (Phi) is 9.47. The molecule has 0 bridgehead atoms. The van der Waals surface area contributed by atoms with Gasteiger partial charge in [0.2, 0.25) is 5.91 Å². The minimum absolute atomic E-state index is 0.0308. The number of hydrogen-bond acceptors (Lipinski definition) is 6. The number of halogens is 2. The van der Waals surface area contributed by atoms with Gasteiger partial charge in [-0.05, 0) is 55.5 Å². The van der Waals surface area contributed by atoms with Crippen molar-refractivity contribution in [2.75, 3.05) is 18.4 Å². The predicted octanol–water partition coefficient (Wildman–Crippen LogP) is 3.86. The minimum Gasteiger partial charge on any atom is -0.480 e. The second-order valence-electron chi connectivity index (χ2n) is 9.57. The Morgan fingerprint density at radius 1 is 1.05 bits per heavy atom. The van der Waals surface area contributed by atoms with Crippen molar-refractivity contribution < 1.29 is 19.5 Å². The molecular formula is C27H31Cl2N5O4. The Labute approximate surface area is 231 Å². The number of carbonyl (C=O) groups excluding carboxylic acids is 2. The van der Waals surface area contributed by atoms with Crippen molar-refractivity contribution in [2.45, 2.75) is 50.6 Å². The maximum Gasteiger partial charge on any atom is 0.326 e. The molecule has 1 aliphatic carbocycles. The van der Waals surface area contributed by atoms with E-state index < -0.39 is 17.9 Å². The number of amides is 2. The highest BCUT2D eigenvalue weighted by Crippen LogP contribution is 2.26. The number of carbonyl (C=O) groups is 3. The molecule has 1 heterocycles. The van der Waals surface area contributed by atoms with E-state index in [4.69, 9.17) is 23.2 Å². The average Bonchev–Trinajstić information content (AvgIpc) is 2.90. The molecule has 5 N–H and O–H groups in total. The maximum atomic E-state index is 12.9. The van der Waals surface area contributed by atoms with Crippen LogP contribution in [0.25, 0.3) is 0 Å². The van der Waals surface area contributed by atoms with Crippen LogP contribution in [0, 0.1) is 5.92 Å². The summed E-state index contributed by atoms with van der Waals surface area (Å²) in [6.45, 7) is 1.73. The fourth-order valence-corrected chi connectivity index (χ4v) is 5.30. The van der Waals surface area contributed by atoms with E-state index >= 15 is 0 Å². The molecule has 3 atom stereocenters. The van der Waals surface area contributed by atoms with Gasteiger partial charge in [-0.3, -0.25) is 14.6 Å². The van der Waals surface area contributed by atoms with Gasteiger partial charge in [-0.15, -0.1) is 0 Å². The molecule has 0 spiro atoms. The summed E-state index contributed by atoms with van der Waals surface area (Å²) in [6.07, 6.45) is 4.61. The average molecular weight is 560 g/mol. The van der Waals surface area contributed by atoms with Crippen molar-refractivity contribution in [1.82, 2.24) is 16.0 Å². The monoisotopic (exact) mass is 559 g/mol. The van der Waals surface area contributed by atoms with Crippen molar-refractivity contribution in [3.05, 3.63) is 63.6 Å². The van der Waals surface area contributed by atoms with Gasteiger partial charge in [0, 0.05) is 37.2 Å². The van der Waals surface area contributed by atoms with Crippen molar-refractivity contribution in [3.8, 4) is 0 Å². The lowest BCUT2D eigenvalue weighted by Gasteiger charge is -2.30. The standard InChI is InChI=1S/C27H31Cl2N5O4/c28-20-6-2-7-21(29)23(20)25(36)34-22(26(37)38)14-16-8-10-18(11-9-16)32-24(35)17-4-1-5-19(15-17)33-27-30-12-3-13-31-27/h2,6-11,17,19,22H,1,3-5,12-15H2,(H,32,35)(H,34,36)(H,37,38)(H2,30,31,33)/t17-,19+,22-/m0/s1. The molecule has 2 aromatic carbocycles. The molecule has 2 aromatic rings. The van der Waals surface area contributed by atoms with Gasteiger partial charge in [0.1, 0.15) is 6.04 Å². The molecular weight excluding hydrogens is 529 g/mol. The summed E-state index contributed by atoms with van der Waals surface area (Å²) in [5, 5.41) is 22.1. The number of hydrogen-bond donors (Lipinski definition) is 5. The fraction of sp³-hybridized carbons (Fsp3) is 0.407. The van der Waals surface area contributed by atoms with Crippen LogP contribution >= 0.6 is 23.2 Å². The second kappa shape index (κ2) is 13.0. The number of anilines is 1. The van der Waals surface area contributed by atoms with E-state index in [1.807, 2.05) is 0 Å². The third-order valence-corrected chi connectivity index (χ3v) is 7.37. The molecule has 1 fully saturated rings. The van der Waals surface area contributed by atoms with Gasteiger partial charge in [0.15, 0.2) is 5.96 Å². The van der Waals surface area contributed by atoms with Crippen molar-refractivity contribution >= 4 is 52.6 Å². The highest BCUT2D eigenvalue weighted by atomic mass is 35.5. The van der Waals surface area contributed by atoms with E-state index in [0.29, 0.717) is 11.3 Å². The molecule has 2 aliphatic rings. The first kappa shape index (κ1) is 27.7. The van der Waals surface area contributed by atoms with Gasteiger partial charge >= 0.3 is 5.97 Å². The van der Waals surface area contributed by atoms with Crippen LogP contribution in [0.5, 0.6) is 0 Å². The number of carboxylic acid groups (broad SMARTS) is 1. The van der Waals surface area contributed by atoms with Crippen LogP contribution in [0.3, 0.4) is 0 Å². The van der Waals surface area contributed by atoms with Crippen molar-refractivity contribution in [1.29, 1.82) is 0 Å². The van der Waals surface area contributed by atoms with Crippen molar-refractivity contribution in [2.24, 2.45) is 10.9 Å². The van der Waals surface area contributed by atoms with Crippen LogP contribution in [0.15, 0.2) is 47.5 Å². The number of guanidine groups is 1. The molecule has 2 amide bonds. The summed E-state index contributed by atoms with van der Waals surface area (Å²) in [6, 6.07) is 10.6. The summed E-state index contributed by atoms with van der Waals surface area (Å²) >= 11 is 12.2. The topological polar surface area (TPSA) is 132 Å². The number of aliphatic imine (C=N–C) groups is 1. The molecule has 11 heteroatoms. The number of nitrogens with zero attached hydrogens (tertiary/aromatic N) is 1. The Morgan fingerprint density at radius 2 is 1.79 bits per heavy atom. The number of rotatable bonds is 8. The van der Waals surface area contributed by atoms with Crippen LogP contribution in [-0.4, -0.2) is 54.0 Å². The van der Waals surface area contributed by atoms with Gasteiger partial charge in [-0.25, -0.2) is 4.79 Å². The first-order chi connectivity index (χ1) is 18.3. The Bertz CT molecular complexity index is 1180. The molecule has 38 heavy (non-hydrogen) atoms. The quantitative estimate of drug-likeness (QED) is 0.333. The molecule has 202 valence electrons. The first-order valence-corrected chi connectivity index (χ1v) is 13.5. The summed E-state index contributed by atoms with van der Waals surface area (Å²) < 4.78 is 0. The molecule has 1 aliphatic heterocycles. The van der Waals surface area contributed by atoms with Crippen LogP contribution in [0.2, 0.25) is 10.0 Å². The molecule has 1 saturated carbocycles. The number of nitrogens with one attached hydrogen (secondary N) is 4. The predicted molar refractivity (Wildman–Crippen MR) is 148 cm³/mol. The summed E-state index contributed by atoms with van der Waals surface area (Å²) in [7, 11) is 0. The highest BCUT2D eigenvalue weighted by molar-refractivity contribution is 6.39. The normalized spacial score (nSPS) is 19.9.